The van der Waals surface area contributed by atoms with Crippen LogP contribution in [0.15, 0.2) is 54.6 Å². The zero-order chi connectivity index (χ0) is 15.2. The molecule has 0 spiro atoms. The number of benzene rings is 2. The normalized spacial score (nSPS) is 12.3. The number of carboxylic acids is 1. The molecule has 2 nitrogen and oxygen atoms in total. The number of carboxylic acid groups (broad SMARTS) is 1. The van der Waals surface area contributed by atoms with Crippen LogP contribution < -0.4 is 0 Å². The van der Waals surface area contributed by atoms with Crippen molar-refractivity contribution in [2.24, 2.45) is 0 Å². The van der Waals surface area contributed by atoms with Crippen LogP contribution in [-0.4, -0.2) is 11.1 Å². The maximum absolute atomic E-state index is 11.5. The Morgan fingerprint density at radius 3 is 2.10 bits per heavy atom. The highest BCUT2D eigenvalue weighted by Gasteiger charge is 2.19. The second-order valence-corrected chi connectivity index (χ2v) is 5.74. The van der Waals surface area contributed by atoms with Crippen LogP contribution in [0.3, 0.4) is 0 Å². The third-order valence-corrected chi connectivity index (χ3v) is 3.87. The van der Waals surface area contributed by atoms with Gasteiger partial charge < -0.3 is 5.11 Å². The molecule has 0 saturated heterocycles. The molecule has 0 aliphatic carbocycles. The molecule has 110 valence electrons. The van der Waals surface area contributed by atoms with Crippen molar-refractivity contribution in [3.8, 4) is 0 Å². The highest BCUT2D eigenvalue weighted by molar-refractivity contribution is 5.76. The van der Waals surface area contributed by atoms with Crippen LogP contribution in [0.2, 0.25) is 0 Å². The van der Waals surface area contributed by atoms with Gasteiger partial charge in [0.25, 0.3) is 0 Å². The molecule has 2 heteroatoms. The zero-order valence-corrected chi connectivity index (χ0v) is 12.6. The highest BCUT2D eigenvalue weighted by atomic mass is 16.4. The molecule has 2 aromatic carbocycles. The molecule has 0 aliphatic rings. The van der Waals surface area contributed by atoms with Gasteiger partial charge in [-0.1, -0.05) is 68.4 Å². The van der Waals surface area contributed by atoms with E-state index in [1.807, 2.05) is 30.3 Å². The van der Waals surface area contributed by atoms with Gasteiger partial charge in [-0.15, -0.1) is 0 Å². The van der Waals surface area contributed by atoms with Gasteiger partial charge in [-0.2, -0.15) is 0 Å². The average Bonchev–Trinajstić information content (AvgIpc) is 2.48. The van der Waals surface area contributed by atoms with E-state index in [1.54, 1.807) is 0 Å². The van der Waals surface area contributed by atoms with Gasteiger partial charge in [-0.05, 0) is 35.4 Å². The SMILES string of the molecule is CC(C)c1ccc(CCC(C(=O)O)c2ccccc2)cc1. The van der Waals surface area contributed by atoms with Crippen molar-refractivity contribution < 1.29 is 9.90 Å². The summed E-state index contributed by atoms with van der Waals surface area (Å²) in [6.45, 7) is 4.34. The Balaban J connectivity index is 2.04. The lowest BCUT2D eigenvalue weighted by Gasteiger charge is -2.13. The van der Waals surface area contributed by atoms with E-state index in [9.17, 15) is 9.90 Å². The van der Waals surface area contributed by atoms with E-state index in [0.29, 0.717) is 12.3 Å². The summed E-state index contributed by atoms with van der Waals surface area (Å²) >= 11 is 0. The smallest absolute Gasteiger partial charge is 0.310 e. The minimum atomic E-state index is -0.750. The van der Waals surface area contributed by atoms with E-state index in [4.69, 9.17) is 0 Å². The van der Waals surface area contributed by atoms with Crippen LogP contribution in [-0.2, 0) is 11.2 Å². The molecule has 2 rings (SSSR count). The van der Waals surface area contributed by atoms with Crippen LogP contribution >= 0.6 is 0 Å². The summed E-state index contributed by atoms with van der Waals surface area (Å²) in [6, 6.07) is 18.0. The molecule has 0 aliphatic heterocycles. The second kappa shape index (κ2) is 7.07. The van der Waals surface area contributed by atoms with Gasteiger partial charge in [0.05, 0.1) is 5.92 Å². The van der Waals surface area contributed by atoms with Gasteiger partial charge in [-0.3, -0.25) is 4.79 Å². The Labute approximate surface area is 126 Å². The van der Waals surface area contributed by atoms with Gasteiger partial charge in [0.1, 0.15) is 0 Å². The molecule has 2 aromatic rings. The van der Waals surface area contributed by atoms with Crippen molar-refractivity contribution in [3.63, 3.8) is 0 Å². The van der Waals surface area contributed by atoms with Crippen LogP contribution in [0.5, 0.6) is 0 Å². The van der Waals surface area contributed by atoms with Gasteiger partial charge in [0.15, 0.2) is 0 Å². The molecule has 0 saturated carbocycles. The Bertz CT molecular complexity index is 570. The fourth-order valence-electron chi connectivity index (χ4n) is 2.50. The highest BCUT2D eigenvalue weighted by Crippen LogP contribution is 2.23. The largest absolute Gasteiger partial charge is 0.481 e. The molecule has 1 N–H and O–H groups in total. The van der Waals surface area contributed by atoms with Crippen LogP contribution in [0.1, 0.15) is 48.8 Å². The Morgan fingerprint density at radius 1 is 0.952 bits per heavy atom. The molecule has 0 fully saturated rings. The van der Waals surface area contributed by atoms with E-state index in [-0.39, 0.29) is 0 Å². The molecule has 0 aromatic heterocycles. The average molecular weight is 282 g/mol. The number of aryl methyl sites for hydroxylation is 1. The number of rotatable bonds is 6. The first-order valence-corrected chi connectivity index (χ1v) is 7.44. The molecule has 1 atom stereocenters. The molecule has 0 amide bonds. The molecule has 0 radical (unpaired) electrons. The van der Waals surface area contributed by atoms with E-state index < -0.39 is 11.9 Å². The van der Waals surface area contributed by atoms with E-state index in [1.165, 1.54) is 11.1 Å². The van der Waals surface area contributed by atoms with Crippen LogP contribution in [0.4, 0.5) is 0 Å². The minimum absolute atomic E-state index is 0.434. The molecule has 21 heavy (non-hydrogen) atoms. The fourth-order valence-corrected chi connectivity index (χ4v) is 2.50. The van der Waals surface area contributed by atoms with Gasteiger partial charge in [0, 0.05) is 0 Å². The van der Waals surface area contributed by atoms with Crippen molar-refractivity contribution in [1.82, 2.24) is 0 Å². The molecular formula is C19H22O2. The molecule has 1 unspecified atom stereocenters. The van der Waals surface area contributed by atoms with Gasteiger partial charge in [-0.25, -0.2) is 0 Å². The quantitative estimate of drug-likeness (QED) is 0.840. The van der Waals surface area contributed by atoms with Gasteiger partial charge >= 0.3 is 5.97 Å². The Hall–Kier alpha value is -2.09. The van der Waals surface area contributed by atoms with Crippen molar-refractivity contribution in [2.45, 2.75) is 38.5 Å². The van der Waals surface area contributed by atoms with E-state index in [0.717, 1.165) is 12.0 Å². The molecular weight excluding hydrogens is 260 g/mol. The fraction of sp³-hybridized carbons (Fsp3) is 0.316. The van der Waals surface area contributed by atoms with Crippen molar-refractivity contribution >= 4 is 5.97 Å². The monoisotopic (exact) mass is 282 g/mol. The topological polar surface area (TPSA) is 37.3 Å². The summed E-state index contributed by atoms with van der Waals surface area (Å²) in [5.74, 6) is -0.661. The first kappa shape index (κ1) is 15.3. The van der Waals surface area contributed by atoms with Crippen molar-refractivity contribution in [3.05, 3.63) is 71.3 Å². The molecule has 0 heterocycles. The summed E-state index contributed by atoms with van der Waals surface area (Å²) in [6.07, 6.45) is 1.41. The van der Waals surface area contributed by atoms with Crippen LogP contribution in [0.25, 0.3) is 0 Å². The summed E-state index contributed by atoms with van der Waals surface area (Å²) in [5.41, 5.74) is 3.39. The lowest BCUT2D eigenvalue weighted by molar-refractivity contribution is -0.138. The maximum atomic E-state index is 11.5. The lowest BCUT2D eigenvalue weighted by Crippen LogP contribution is -2.12. The van der Waals surface area contributed by atoms with Crippen molar-refractivity contribution in [1.29, 1.82) is 0 Å². The number of hydrogen-bond acceptors (Lipinski definition) is 1. The van der Waals surface area contributed by atoms with Gasteiger partial charge in [0.2, 0.25) is 0 Å². The lowest BCUT2D eigenvalue weighted by atomic mass is 9.92. The van der Waals surface area contributed by atoms with E-state index in [2.05, 4.69) is 38.1 Å². The summed E-state index contributed by atoms with van der Waals surface area (Å²) in [4.78, 5) is 11.5. The maximum Gasteiger partial charge on any atom is 0.310 e. The second-order valence-electron chi connectivity index (χ2n) is 5.74. The summed E-state index contributed by atoms with van der Waals surface area (Å²) in [7, 11) is 0. The number of aliphatic carboxylic acids is 1. The van der Waals surface area contributed by atoms with Crippen LogP contribution in [0, 0.1) is 0 Å². The first-order chi connectivity index (χ1) is 10.1. The summed E-state index contributed by atoms with van der Waals surface area (Å²) < 4.78 is 0. The Morgan fingerprint density at radius 2 is 1.57 bits per heavy atom. The third-order valence-electron chi connectivity index (χ3n) is 3.87. The predicted octanol–water partition coefficient (Wildman–Crippen LogP) is 4.61. The molecule has 0 bridgehead atoms. The zero-order valence-electron chi connectivity index (χ0n) is 12.6. The third kappa shape index (κ3) is 4.19. The van der Waals surface area contributed by atoms with E-state index >= 15 is 0 Å². The number of carbonyl (C=O) groups is 1. The number of hydrogen-bond donors (Lipinski definition) is 1. The predicted molar refractivity (Wildman–Crippen MR) is 85.7 cm³/mol. The first-order valence-electron chi connectivity index (χ1n) is 7.44. The van der Waals surface area contributed by atoms with Crippen molar-refractivity contribution in [2.75, 3.05) is 0 Å². The minimum Gasteiger partial charge on any atom is -0.481 e. The Kier molecular flexibility index (Phi) is 5.15. The standard InChI is InChI=1S/C19H22O2/c1-14(2)16-11-8-15(9-12-16)10-13-18(19(20)21)17-6-4-3-5-7-17/h3-9,11-12,14,18H,10,13H2,1-2H3,(H,20,21). The summed E-state index contributed by atoms with van der Waals surface area (Å²) in [5, 5.41) is 9.42.